The quantitative estimate of drug-likeness (QED) is 0.620. The van der Waals surface area contributed by atoms with E-state index in [1.807, 2.05) is 42.5 Å². The van der Waals surface area contributed by atoms with Crippen molar-refractivity contribution in [2.45, 2.75) is 37.6 Å². The Morgan fingerprint density at radius 1 is 1.13 bits per heavy atom. The van der Waals surface area contributed by atoms with Gasteiger partial charge in [0.15, 0.2) is 17.3 Å². The lowest BCUT2D eigenvalue weighted by molar-refractivity contribution is -0.118. The summed E-state index contributed by atoms with van der Waals surface area (Å²) < 4.78 is 16.3. The maximum absolute atomic E-state index is 13.4. The van der Waals surface area contributed by atoms with E-state index in [1.165, 1.54) is 0 Å². The van der Waals surface area contributed by atoms with Crippen molar-refractivity contribution in [2.24, 2.45) is 0 Å². The number of carbonyl (C=O) groups is 1. The molecule has 30 heavy (non-hydrogen) atoms. The highest BCUT2D eigenvalue weighted by atomic mass is 16.5. The highest BCUT2D eigenvalue weighted by Crippen LogP contribution is 2.42. The Kier molecular flexibility index (Phi) is 4.65. The highest BCUT2D eigenvalue weighted by Gasteiger charge is 2.39. The Hall–Kier alpha value is -3.35. The molecule has 1 fully saturated rings. The predicted octanol–water partition coefficient (Wildman–Crippen LogP) is 3.84. The van der Waals surface area contributed by atoms with E-state index in [1.54, 1.807) is 19.1 Å². The van der Waals surface area contributed by atoms with Gasteiger partial charge in [0, 0.05) is 18.0 Å². The number of amides is 1. The molecule has 3 aromatic rings. The lowest BCUT2D eigenvalue weighted by atomic mass is 10.1. The summed E-state index contributed by atoms with van der Waals surface area (Å²) in [5.41, 5.74) is 2.86. The zero-order valence-corrected chi connectivity index (χ0v) is 17.0. The summed E-state index contributed by atoms with van der Waals surface area (Å²) in [7, 11) is 3.18. The Balaban J connectivity index is 1.45. The van der Waals surface area contributed by atoms with Crippen LogP contribution >= 0.6 is 0 Å². The number of benzene rings is 2. The zero-order valence-electron chi connectivity index (χ0n) is 17.0. The van der Waals surface area contributed by atoms with Crippen molar-refractivity contribution >= 4 is 11.6 Å². The van der Waals surface area contributed by atoms with E-state index in [-0.39, 0.29) is 18.4 Å². The van der Waals surface area contributed by atoms with Gasteiger partial charge >= 0.3 is 0 Å². The molecule has 0 saturated heterocycles. The first-order chi connectivity index (χ1) is 14.7. The van der Waals surface area contributed by atoms with Crippen LogP contribution in [0.3, 0.4) is 0 Å². The Morgan fingerprint density at radius 2 is 1.93 bits per heavy atom. The first-order valence-corrected chi connectivity index (χ1v) is 10.1. The number of hydrogen-bond donors (Lipinski definition) is 0. The molecule has 1 aliphatic carbocycles. The van der Waals surface area contributed by atoms with E-state index < -0.39 is 0 Å². The Bertz CT molecular complexity index is 1090. The van der Waals surface area contributed by atoms with Crippen molar-refractivity contribution in [3.63, 3.8) is 0 Å². The number of aromatic nitrogens is 2. The lowest BCUT2D eigenvalue weighted by Gasteiger charge is -2.23. The zero-order chi connectivity index (χ0) is 20.7. The van der Waals surface area contributed by atoms with Crippen molar-refractivity contribution < 1.29 is 18.8 Å². The number of ether oxygens (including phenoxy) is 2. The van der Waals surface area contributed by atoms with Gasteiger partial charge < -0.3 is 14.0 Å². The van der Waals surface area contributed by atoms with E-state index in [9.17, 15) is 4.79 Å². The van der Waals surface area contributed by atoms with Gasteiger partial charge in [-0.3, -0.25) is 9.69 Å². The molecule has 1 amide bonds. The molecule has 7 nitrogen and oxygen atoms in total. The molecule has 1 saturated carbocycles. The maximum Gasteiger partial charge on any atom is 0.250 e. The number of methoxy groups -OCH3 is 2. The normalized spacial score (nSPS) is 17.7. The van der Waals surface area contributed by atoms with Crippen LogP contribution in [0.1, 0.15) is 47.6 Å². The van der Waals surface area contributed by atoms with E-state index in [0.29, 0.717) is 29.7 Å². The predicted molar refractivity (Wildman–Crippen MR) is 110 cm³/mol. The Morgan fingerprint density at radius 3 is 2.70 bits per heavy atom. The van der Waals surface area contributed by atoms with Crippen molar-refractivity contribution in [3.05, 3.63) is 65.3 Å². The average Bonchev–Trinajstić information content (AvgIpc) is 3.37. The molecule has 0 N–H and O–H groups in total. The fourth-order valence-electron chi connectivity index (χ4n) is 4.03. The first kappa shape index (κ1) is 18.7. The van der Waals surface area contributed by atoms with Gasteiger partial charge in [0.2, 0.25) is 11.8 Å². The van der Waals surface area contributed by atoms with Gasteiger partial charge in [0.1, 0.15) is 6.04 Å². The maximum atomic E-state index is 13.4. The average molecular weight is 405 g/mol. The molecule has 0 spiro atoms. The number of nitrogens with zero attached hydrogens (tertiary/aromatic N) is 3. The van der Waals surface area contributed by atoms with Gasteiger partial charge in [-0.1, -0.05) is 29.4 Å². The molecule has 154 valence electrons. The molecular formula is C23H23N3O4. The fraction of sp³-hybridized carbons (Fsp3) is 0.348. The minimum absolute atomic E-state index is 0.0247. The van der Waals surface area contributed by atoms with Crippen LogP contribution in [-0.2, 0) is 17.6 Å². The third-order valence-corrected chi connectivity index (χ3v) is 5.73. The molecule has 0 bridgehead atoms. The SMILES string of the molecule is COc1ccc(CC(=O)N2c3ccccc3CC2c2nc(C3CC3)no2)cc1OC. The summed E-state index contributed by atoms with van der Waals surface area (Å²) in [5, 5.41) is 4.15. The molecule has 1 unspecified atom stereocenters. The second kappa shape index (κ2) is 7.48. The monoisotopic (exact) mass is 405 g/mol. The van der Waals surface area contributed by atoms with E-state index in [2.05, 4.69) is 10.1 Å². The topological polar surface area (TPSA) is 77.7 Å². The minimum Gasteiger partial charge on any atom is -0.493 e. The number of rotatable bonds is 6. The van der Waals surface area contributed by atoms with Crippen LogP contribution in [0, 0.1) is 0 Å². The number of hydrogen-bond acceptors (Lipinski definition) is 6. The molecule has 1 aromatic heterocycles. The van der Waals surface area contributed by atoms with Crippen molar-refractivity contribution in [2.75, 3.05) is 19.1 Å². The molecular weight excluding hydrogens is 382 g/mol. The van der Waals surface area contributed by atoms with Crippen molar-refractivity contribution in [1.82, 2.24) is 10.1 Å². The number of fused-ring (bicyclic) bond motifs is 1. The second-order valence-corrected chi connectivity index (χ2v) is 7.74. The second-order valence-electron chi connectivity index (χ2n) is 7.74. The molecule has 7 heteroatoms. The summed E-state index contributed by atoms with van der Waals surface area (Å²) in [4.78, 5) is 19.9. The molecule has 2 aromatic carbocycles. The molecule has 2 aliphatic rings. The van der Waals surface area contributed by atoms with Gasteiger partial charge in [-0.25, -0.2) is 0 Å². The first-order valence-electron chi connectivity index (χ1n) is 10.1. The summed E-state index contributed by atoms with van der Waals surface area (Å²) in [6.07, 6.45) is 3.10. The summed E-state index contributed by atoms with van der Waals surface area (Å²) in [6.45, 7) is 0. The largest absolute Gasteiger partial charge is 0.493 e. The van der Waals surface area contributed by atoms with Crippen LogP contribution in [0.4, 0.5) is 5.69 Å². The van der Waals surface area contributed by atoms with Gasteiger partial charge in [-0.15, -0.1) is 0 Å². The standard InChI is InChI=1S/C23H23N3O4/c1-28-19-10-7-14(11-20(19)29-2)12-21(27)26-17-6-4-3-5-16(17)13-18(26)23-24-22(25-30-23)15-8-9-15/h3-7,10-11,15,18H,8-9,12-13H2,1-2H3. The van der Waals surface area contributed by atoms with Crippen LogP contribution < -0.4 is 14.4 Å². The molecule has 2 heterocycles. The lowest BCUT2D eigenvalue weighted by Crippen LogP contribution is -2.33. The van der Waals surface area contributed by atoms with Gasteiger partial charge in [0.05, 0.1) is 20.6 Å². The van der Waals surface area contributed by atoms with Crippen molar-refractivity contribution in [1.29, 1.82) is 0 Å². The number of anilines is 1. The number of para-hydroxylation sites is 1. The molecule has 5 rings (SSSR count). The van der Waals surface area contributed by atoms with Gasteiger partial charge in [0.25, 0.3) is 0 Å². The van der Waals surface area contributed by atoms with Crippen LogP contribution in [0.15, 0.2) is 47.0 Å². The van der Waals surface area contributed by atoms with Crippen LogP contribution in [0.25, 0.3) is 0 Å². The minimum atomic E-state index is -0.282. The van der Waals surface area contributed by atoms with E-state index in [4.69, 9.17) is 14.0 Å². The van der Waals surface area contributed by atoms with E-state index in [0.717, 1.165) is 35.5 Å². The third-order valence-electron chi connectivity index (χ3n) is 5.73. The smallest absolute Gasteiger partial charge is 0.250 e. The van der Waals surface area contributed by atoms with Crippen LogP contribution in [-0.4, -0.2) is 30.3 Å². The molecule has 0 radical (unpaired) electrons. The van der Waals surface area contributed by atoms with Crippen LogP contribution in [0.5, 0.6) is 11.5 Å². The van der Waals surface area contributed by atoms with Crippen LogP contribution in [0.2, 0.25) is 0 Å². The Labute approximate surface area is 174 Å². The molecule has 1 atom stereocenters. The number of carbonyl (C=O) groups excluding carboxylic acids is 1. The van der Waals surface area contributed by atoms with Gasteiger partial charge in [-0.2, -0.15) is 4.98 Å². The summed E-state index contributed by atoms with van der Waals surface area (Å²) >= 11 is 0. The fourth-order valence-corrected chi connectivity index (χ4v) is 4.03. The van der Waals surface area contributed by atoms with Crippen molar-refractivity contribution in [3.8, 4) is 11.5 Å². The summed E-state index contributed by atoms with van der Waals surface area (Å²) in [6, 6.07) is 13.2. The molecule has 1 aliphatic heterocycles. The van der Waals surface area contributed by atoms with Gasteiger partial charge in [-0.05, 0) is 42.2 Å². The van der Waals surface area contributed by atoms with E-state index >= 15 is 0 Å². The third kappa shape index (κ3) is 3.30. The summed E-state index contributed by atoms with van der Waals surface area (Å²) in [5.74, 6) is 2.89. The highest BCUT2D eigenvalue weighted by molar-refractivity contribution is 5.97.